The van der Waals surface area contributed by atoms with Crippen molar-refractivity contribution in [1.29, 1.82) is 0 Å². The van der Waals surface area contributed by atoms with E-state index in [9.17, 15) is 9.59 Å². The van der Waals surface area contributed by atoms with Crippen molar-refractivity contribution in [2.75, 3.05) is 39.6 Å². The highest BCUT2D eigenvalue weighted by atomic mass is 16.6. The number of amides is 1. The third-order valence-electron chi connectivity index (χ3n) is 4.30. The monoisotopic (exact) mass is 409 g/mol. The Morgan fingerprint density at radius 1 is 0.931 bits per heavy atom. The molecule has 29 heavy (non-hydrogen) atoms. The lowest BCUT2D eigenvalue weighted by Crippen LogP contribution is -2.28. The summed E-state index contributed by atoms with van der Waals surface area (Å²) in [5.41, 5.74) is 0.938. The zero-order valence-corrected chi connectivity index (χ0v) is 17.7. The molecule has 0 radical (unpaired) electrons. The molecule has 0 saturated heterocycles. The molecule has 0 aliphatic heterocycles. The van der Waals surface area contributed by atoms with Gasteiger partial charge in [-0.25, -0.2) is 4.79 Å². The lowest BCUT2D eigenvalue weighted by atomic mass is 10.00. The van der Waals surface area contributed by atoms with Crippen LogP contribution in [0.1, 0.15) is 45.1 Å². The van der Waals surface area contributed by atoms with Crippen molar-refractivity contribution < 1.29 is 28.5 Å². The molecule has 0 aliphatic rings. The first-order chi connectivity index (χ1) is 14.2. The first-order valence-corrected chi connectivity index (χ1v) is 10.4. The number of esters is 1. The zero-order valence-electron chi connectivity index (χ0n) is 17.7. The highest BCUT2D eigenvalue weighted by Gasteiger charge is 2.16. The van der Waals surface area contributed by atoms with Crippen LogP contribution < -0.4 is 5.32 Å². The Labute approximate surface area is 174 Å². The number of hydrogen-bond acceptors (Lipinski definition) is 6. The van der Waals surface area contributed by atoms with Gasteiger partial charge in [0, 0.05) is 6.54 Å². The molecule has 1 rings (SSSR count). The second-order valence-electron chi connectivity index (χ2n) is 6.63. The predicted octanol–water partition coefficient (Wildman–Crippen LogP) is 3.71. The van der Waals surface area contributed by atoms with Gasteiger partial charge in [-0.3, -0.25) is 4.79 Å². The molecule has 1 aromatic rings. The molecule has 0 heterocycles. The van der Waals surface area contributed by atoms with E-state index >= 15 is 0 Å². The van der Waals surface area contributed by atoms with Gasteiger partial charge < -0.3 is 24.3 Å². The Hall–Kier alpha value is -2.12. The number of rotatable bonds is 16. The fourth-order valence-electron chi connectivity index (χ4n) is 2.58. The Morgan fingerprint density at radius 2 is 1.62 bits per heavy atom. The van der Waals surface area contributed by atoms with Crippen molar-refractivity contribution in [3.05, 3.63) is 35.9 Å². The van der Waals surface area contributed by atoms with Crippen molar-refractivity contribution in [2.45, 2.75) is 46.1 Å². The molecule has 0 saturated carbocycles. The predicted molar refractivity (Wildman–Crippen MR) is 111 cm³/mol. The van der Waals surface area contributed by atoms with E-state index in [1.54, 1.807) is 0 Å². The average Bonchev–Trinajstić information content (AvgIpc) is 2.74. The van der Waals surface area contributed by atoms with Gasteiger partial charge in [0.25, 0.3) is 0 Å². The van der Waals surface area contributed by atoms with Crippen molar-refractivity contribution >= 4 is 12.1 Å². The Kier molecular flexibility index (Phi) is 14.4. The first-order valence-electron chi connectivity index (χ1n) is 10.4. The molecule has 0 aromatic heterocycles. The fraction of sp³-hybridized carbons (Fsp3) is 0.636. The maximum atomic E-state index is 11.9. The van der Waals surface area contributed by atoms with E-state index in [0.29, 0.717) is 33.0 Å². The maximum absolute atomic E-state index is 11.9. The number of ether oxygens (including phenoxy) is 4. The Bertz CT molecular complexity index is 551. The SMILES string of the molecule is CCCCC(CC)C(=O)OCCOCCOCCNC(=O)OCc1ccccc1. The highest BCUT2D eigenvalue weighted by molar-refractivity contribution is 5.72. The van der Waals surface area contributed by atoms with E-state index in [1.165, 1.54) is 0 Å². The second kappa shape index (κ2) is 16.8. The molecule has 1 atom stereocenters. The van der Waals surface area contributed by atoms with E-state index in [2.05, 4.69) is 12.2 Å². The van der Waals surface area contributed by atoms with Crippen LogP contribution in [0.3, 0.4) is 0 Å². The van der Waals surface area contributed by atoms with Gasteiger partial charge in [-0.05, 0) is 18.4 Å². The van der Waals surface area contributed by atoms with Gasteiger partial charge in [0.2, 0.25) is 0 Å². The molecule has 1 N–H and O–H groups in total. The van der Waals surface area contributed by atoms with Crippen molar-refractivity contribution in [1.82, 2.24) is 5.32 Å². The molecular formula is C22H35NO6. The maximum Gasteiger partial charge on any atom is 0.407 e. The topological polar surface area (TPSA) is 83.1 Å². The average molecular weight is 410 g/mol. The summed E-state index contributed by atoms with van der Waals surface area (Å²) >= 11 is 0. The standard InChI is InChI=1S/C22H35NO6/c1-3-5-11-20(4-2)21(24)28-17-16-27-15-14-26-13-12-23-22(25)29-18-19-9-7-6-8-10-19/h6-10,20H,3-5,11-18H2,1-2H3,(H,23,25). The third-order valence-corrected chi connectivity index (χ3v) is 4.30. The van der Waals surface area contributed by atoms with Crippen LogP contribution in [0.2, 0.25) is 0 Å². The number of benzene rings is 1. The highest BCUT2D eigenvalue weighted by Crippen LogP contribution is 2.14. The molecule has 7 heteroatoms. The quantitative estimate of drug-likeness (QED) is 0.331. The van der Waals surface area contributed by atoms with Crippen LogP contribution in [-0.2, 0) is 30.3 Å². The summed E-state index contributed by atoms with van der Waals surface area (Å²) in [4.78, 5) is 23.5. The molecule has 0 spiro atoms. The summed E-state index contributed by atoms with van der Waals surface area (Å²) in [5.74, 6) is -0.142. The minimum absolute atomic E-state index is 0.00911. The Balaban J connectivity index is 1.90. The first kappa shape index (κ1) is 24.9. The smallest absolute Gasteiger partial charge is 0.407 e. The molecule has 0 fully saturated rings. The summed E-state index contributed by atoms with van der Waals surface area (Å²) in [6.45, 7) is 6.51. The van der Waals surface area contributed by atoms with E-state index < -0.39 is 6.09 Å². The van der Waals surface area contributed by atoms with Crippen LogP contribution in [0.25, 0.3) is 0 Å². The Morgan fingerprint density at radius 3 is 2.31 bits per heavy atom. The van der Waals surface area contributed by atoms with Gasteiger partial charge in [-0.2, -0.15) is 0 Å². The summed E-state index contributed by atoms with van der Waals surface area (Å²) in [6, 6.07) is 9.49. The minimum atomic E-state index is -0.472. The van der Waals surface area contributed by atoms with Crippen LogP contribution in [0.15, 0.2) is 30.3 Å². The second-order valence-corrected chi connectivity index (χ2v) is 6.63. The lowest BCUT2D eigenvalue weighted by Gasteiger charge is -2.13. The number of carbonyl (C=O) groups is 2. The number of alkyl carbamates (subject to hydrolysis) is 1. The van der Waals surface area contributed by atoms with Crippen LogP contribution in [0.5, 0.6) is 0 Å². The van der Waals surface area contributed by atoms with E-state index in [-0.39, 0.29) is 25.1 Å². The molecule has 1 amide bonds. The normalized spacial score (nSPS) is 11.7. The molecule has 1 aromatic carbocycles. The molecule has 7 nitrogen and oxygen atoms in total. The van der Waals surface area contributed by atoms with Gasteiger partial charge in [0.1, 0.15) is 13.2 Å². The van der Waals surface area contributed by atoms with Crippen molar-refractivity contribution in [3.8, 4) is 0 Å². The van der Waals surface area contributed by atoms with Gasteiger partial charge >= 0.3 is 12.1 Å². The van der Waals surface area contributed by atoms with Crippen molar-refractivity contribution in [3.63, 3.8) is 0 Å². The van der Waals surface area contributed by atoms with E-state index in [1.807, 2.05) is 37.3 Å². The number of hydrogen-bond donors (Lipinski definition) is 1. The molecule has 0 bridgehead atoms. The van der Waals surface area contributed by atoms with Crippen molar-refractivity contribution in [2.24, 2.45) is 5.92 Å². The molecule has 164 valence electrons. The number of unbranched alkanes of at least 4 members (excludes halogenated alkanes) is 1. The van der Waals surface area contributed by atoms with Gasteiger partial charge in [0.15, 0.2) is 0 Å². The van der Waals surface area contributed by atoms with Gasteiger partial charge in [-0.15, -0.1) is 0 Å². The molecule has 0 aliphatic carbocycles. The van der Waals surface area contributed by atoms with Crippen LogP contribution in [0.4, 0.5) is 4.79 Å². The summed E-state index contributed by atoms with van der Waals surface area (Å²) in [6.07, 6.45) is 3.34. The van der Waals surface area contributed by atoms with Crippen LogP contribution in [-0.4, -0.2) is 51.6 Å². The van der Waals surface area contributed by atoms with Crippen LogP contribution >= 0.6 is 0 Å². The summed E-state index contributed by atoms with van der Waals surface area (Å²) in [7, 11) is 0. The number of nitrogens with one attached hydrogen (secondary N) is 1. The fourth-order valence-corrected chi connectivity index (χ4v) is 2.58. The summed E-state index contributed by atoms with van der Waals surface area (Å²) < 4.78 is 21.1. The molecule has 1 unspecified atom stereocenters. The van der Waals surface area contributed by atoms with Gasteiger partial charge in [-0.1, -0.05) is 57.0 Å². The number of carbonyl (C=O) groups excluding carboxylic acids is 2. The van der Waals surface area contributed by atoms with E-state index in [0.717, 1.165) is 31.2 Å². The largest absolute Gasteiger partial charge is 0.463 e. The minimum Gasteiger partial charge on any atom is -0.463 e. The lowest BCUT2D eigenvalue weighted by molar-refractivity contribution is -0.150. The van der Waals surface area contributed by atoms with E-state index in [4.69, 9.17) is 18.9 Å². The van der Waals surface area contributed by atoms with Crippen LogP contribution in [0, 0.1) is 5.92 Å². The summed E-state index contributed by atoms with van der Waals surface area (Å²) in [5, 5.41) is 2.62. The zero-order chi connectivity index (χ0) is 21.2. The third kappa shape index (κ3) is 12.9. The van der Waals surface area contributed by atoms with Gasteiger partial charge in [0.05, 0.1) is 32.3 Å². The molecular weight excluding hydrogens is 374 g/mol.